The number of ether oxygens (including phenoxy) is 4. The summed E-state index contributed by atoms with van der Waals surface area (Å²) in [5, 5.41) is 5.22. The highest BCUT2D eigenvalue weighted by molar-refractivity contribution is 7.88. The zero-order valence-electron chi connectivity index (χ0n) is 19.5. The number of halogens is 3. The Labute approximate surface area is 212 Å². The predicted octanol–water partition coefficient (Wildman–Crippen LogP) is 4.95. The van der Waals surface area contributed by atoms with Crippen LogP contribution < -0.4 is 19.3 Å². The molecule has 2 N–H and O–H groups in total. The lowest BCUT2D eigenvalue weighted by Crippen LogP contribution is -2.19. The Morgan fingerprint density at radius 3 is 2.65 bits per heavy atom. The molecule has 7 nitrogen and oxygen atoms in total. The standard InChI is InChI=1S/C26H24F3NO6S/c1-2-8-33-9-10-34-19-13-17(12-18(27)14-19)25-21-11-16(15-37(30,31)32)6-7-20(21)24-22(35-25)4-3-5-23(24)36-26(28)29/h2-7,11-14,25-26H,1,8-10,15H2,(H2,30,31,32). The maximum Gasteiger partial charge on any atom is 0.387 e. The van der Waals surface area contributed by atoms with Crippen LogP contribution in [0, 0.1) is 5.82 Å². The molecule has 0 spiro atoms. The first-order valence-corrected chi connectivity index (χ1v) is 12.9. The Hall–Kier alpha value is -3.54. The summed E-state index contributed by atoms with van der Waals surface area (Å²) >= 11 is 0. The summed E-state index contributed by atoms with van der Waals surface area (Å²) in [7, 11) is -3.86. The Balaban J connectivity index is 1.77. The van der Waals surface area contributed by atoms with Crippen molar-refractivity contribution in [2.75, 3.05) is 19.8 Å². The monoisotopic (exact) mass is 535 g/mol. The van der Waals surface area contributed by atoms with Gasteiger partial charge in [-0.2, -0.15) is 8.78 Å². The third kappa shape index (κ3) is 6.62. The number of sulfonamides is 1. The van der Waals surface area contributed by atoms with Gasteiger partial charge in [-0.15, -0.1) is 6.58 Å². The van der Waals surface area contributed by atoms with Crippen molar-refractivity contribution in [3.05, 3.63) is 89.8 Å². The van der Waals surface area contributed by atoms with Crippen molar-refractivity contribution in [1.82, 2.24) is 0 Å². The number of hydrogen-bond donors (Lipinski definition) is 1. The minimum Gasteiger partial charge on any atom is -0.491 e. The smallest absolute Gasteiger partial charge is 0.387 e. The van der Waals surface area contributed by atoms with E-state index in [-0.39, 0.29) is 36.0 Å². The molecule has 0 amide bonds. The van der Waals surface area contributed by atoms with E-state index in [1.807, 2.05) is 0 Å². The predicted molar refractivity (Wildman–Crippen MR) is 131 cm³/mol. The van der Waals surface area contributed by atoms with Crippen LogP contribution in [0.25, 0.3) is 11.1 Å². The van der Waals surface area contributed by atoms with Crippen LogP contribution in [0.2, 0.25) is 0 Å². The lowest BCUT2D eigenvalue weighted by atomic mass is 9.88. The fourth-order valence-electron chi connectivity index (χ4n) is 4.09. The second kappa shape index (κ2) is 11.2. The van der Waals surface area contributed by atoms with E-state index in [1.165, 1.54) is 30.3 Å². The van der Waals surface area contributed by atoms with Gasteiger partial charge in [0.2, 0.25) is 10.0 Å². The molecule has 0 saturated carbocycles. The summed E-state index contributed by atoms with van der Waals surface area (Å²) < 4.78 is 86.0. The van der Waals surface area contributed by atoms with E-state index in [4.69, 9.17) is 24.1 Å². The normalized spacial score (nSPS) is 14.5. The van der Waals surface area contributed by atoms with Gasteiger partial charge in [-0.3, -0.25) is 0 Å². The summed E-state index contributed by atoms with van der Waals surface area (Å²) in [5.41, 5.74) is 1.86. The van der Waals surface area contributed by atoms with Crippen LogP contribution in [0.15, 0.2) is 67.3 Å². The molecular weight excluding hydrogens is 511 g/mol. The lowest BCUT2D eigenvalue weighted by Gasteiger charge is -2.31. The molecule has 3 aromatic carbocycles. The van der Waals surface area contributed by atoms with E-state index in [1.54, 1.807) is 30.3 Å². The maximum atomic E-state index is 14.6. The molecule has 1 heterocycles. The summed E-state index contributed by atoms with van der Waals surface area (Å²) in [6.07, 6.45) is 0.678. The summed E-state index contributed by atoms with van der Waals surface area (Å²) in [4.78, 5) is 0. The van der Waals surface area contributed by atoms with Crippen LogP contribution in [-0.2, 0) is 20.5 Å². The van der Waals surface area contributed by atoms with E-state index in [0.29, 0.717) is 28.9 Å². The van der Waals surface area contributed by atoms with Crippen molar-refractivity contribution in [1.29, 1.82) is 0 Å². The zero-order valence-corrected chi connectivity index (χ0v) is 20.3. The van der Waals surface area contributed by atoms with Crippen molar-refractivity contribution in [2.45, 2.75) is 18.5 Å². The zero-order chi connectivity index (χ0) is 26.6. The molecule has 4 rings (SSSR count). The largest absolute Gasteiger partial charge is 0.491 e. The van der Waals surface area contributed by atoms with E-state index < -0.39 is 34.3 Å². The number of alkyl halides is 2. The van der Waals surface area contributed by atoms with Gasteiger partial charge in [0.25, 0.3) is 0 Å². The quantitative estimate of drug-likeness (QED) is 0.276. The van der Waals surface area contributed by atoms with Gasteiger partial charge in [-0.05, 0) is 35.4 Å². The van der Waals surface area contributed by atoms with Gasteiger partial charge in [0.15, 0.2) is 0 Å². The van der Waals surface area contributed by atoms with Crippen LogP contribution in [-0.4, -0.2) is 34.8 Å². The van der Waals surface area contributed by atoms with Gasteiger partial charge in [0.1, 0.15) is 35.8 Å². The fourth-order valence-corrected chi connectivity index (χ4v) is 4.73. The Morgan fingerprint density at radius 1 is 1.11 bits per heavy atom. The third-order valence-electron chi connectivity index (χ3n) is 5.41. The van der Waals surface area contributed by atoms with Gasteiger partial charge in [-0.1, -0.05) is 30.3 Å². The number of rotatable bonds is 11. The average molecular weight is 536 g/mol. The summed E-state index contributed by atoms with van der Waals surface area (Å²) in [6.45, 7) is 1.25. The Bertz CT molecular complexity index is 1400. The minimum absolute atomic E-state index is 0.116. The Morgan fingerprint density at radius 2 is 1.92 bits per heavy atom. The summed E-state index contributed by atoms with van der Waals surface area (Å²) in [5.74, 6) is -0.708. The molecule has 0 bridgehead atoms. The molecule has 37 heavy (non-hydrogen) atoms. The highest BCUT2D eigenvalue weighted by Gasteiger charge is 2.31. The first kappa shape index (κ1) is 26.5. The average Bonchev–Trinajstić information content (AvgIpc) is 2.81. The molecule has 1 atom stereocenters. The molecule has 3 aromatic rings. The van der Waals surface area contributed by atoms with E-state index in [9.17, 15) is 21.6 Å². The highest BCUT2D eigenvalue weighted by Crippen LogP contribution is 2.49. The van der Waals surface area contributed by atoms with Crippen molar-refractivity contribution >= 4 is 10.0 Å². The summed E-state index contributed by atoms with van der Waals surface area (Å²) in [6, 6.07) is 13.1. The number of benzene rings is 3. The SMILES string of the molecule is C=CCOCCOc1cc(F)cc(C2Oc3cccc(OC(F)F)c3-c3ccc(CS(N)(=O)=O)cc32)c1. The third-order valence-corrected chi connectivity index (χ3v) is 6.15. The number of primary sulfonamides is 1. The van der Waals surface area contributed by atoms with Gasteiger partial charge >= 0.3 is 6.61 Å². The molecule has 11 heteroatoms. The molecule has 0 aliphatic carbocycles. The van der Waals surface area contributed by atoms with E-state index in [2.05, 4.69) is 6.58 Å². The molecular formula is C26H24F3NO6S. The maximum absolute atomic E-state index is 14.6. The second-order valence-corrected chi connectivity index (χ2v) is 9.78. The van der Waals surface area contributed by atoms with Gasteiger partial charge in [0.05, 0.1) is 24.5 Å². The van der Waals surface area contributed by atoms with Crippen molar-refractivity contribution in [3.8, 4) is 28.4 Å². The molecule has 196 valence electrons. The molecule has 0 radical (unpaired) electrons. The number of nitrogens with two attached hydrogens (primary N) is 1. The van der Waals surface area contributed by atoms with E-state index in [0.717, 1.165) is 0 Å². The molecule has 0 aromatic heterocycles. The lowest BCUT2D eigenvalue weighted by molar-refractivity contribution is -0.0496. The first-order chi connectivity index (χ1) is 17.6. The van der Waals surface area contributed by atoms with Crippen LogP contribution in [0.3, 0.4) is 0 Å². The molecule has 1 aliphatic rings. The second-order valence-electron chi connectivity index (χ2n) is 8.17. The molecule has 0 fully saturated rings. The van der Waals surface area contributed by atoms with Gasteiger partial charge in [0, 0.05) is 17.2 Å². The Kier molecular flexibility index (Phi) is 8.06. The first-order valence-electron chi connectivity index (χ1n) is 11.1. The van der Waals surface area contributed by atoms with Crippen molar-refractivity contribution < 1.29 is 40.5 Å². The fraction of sp³-hybridized carbons (Fsp3) is 0.231. The highest BCUT2D eigenvalue weighted by atomic mass is 32.2. The molecule has 0 saturated heterocycles. The van der Waals surface area contributed by atoms with Crippen molar-refractivity contribution in [3.63, 3.8) is 0 Å². The van der Waals surface area contributed by atoms with Crippen LogP contribution >= 0.6 is 0 Å². The number of fused-ring (bicyclic) bond motifs is 3. The van der Waals surface area contributed by atoms with Crippen LogP contribution in [0.5, 0.6) is 17.2 Å². The molecule has 1 unspecified atom stereocenters. The minimum atomic E-state index is -3.86. The van der Waals surface area contributed by atoms with Crippen LogP contribution in [0.1, 0.15) is 22.8 Å². The van der Waals surface area contributed by atoms with Crippen molar-refractivity contribution in [2.24, 2.45) is 5.14 Å². The number of hydrogen-bond acceptors (Lipinski definition) is 6. The van der Waals surface area contributed by atoms with Gasteiger partial charge in [-0.25, -0.2) is 17.9 Å². The van der Waals surface area contributed by atoms with Gasteiger partial charge < -0.3 is 18.9 Å². The van der Waals surface area contributed by atoms with E-state index >= 15 is 0 Å². The molecule has 1 aliphatic heterocycles. The topological polar surface area (TPSA) is 97.1 Å². The van der Waals surface area contributed by atoms with Crippen LogP contribution in [0.4, 0.5) is 13.2 Å².